The van der Waals surface area contributed by atoms with Crippen molar-refractivity contribution in [2.45, 2.75) is 39.2 Å². The number of carbonyl (C=O) groups is 1. The Morgan fingerprint density at radius 2 is 1.71 bits per heavy atom. The summed E-state index contributed by atoms with van der Waals surface area (Å²) in [5.41, 5.74) is 5.24. The summed E-state index contributed by atoms with van der Waals surface area (Å²) in [4.78, 5) is 20.1. The molecule has 5 heteroatoms. The molecule has 178 valence electrons. The molecule has 1 aliphatic rings. The zero-order valence-electron chi connectivity index (χ0n) is 20.1. The van der Waals surface area contributed by atoms with Crippen molar-refractivity contribution in [3.8, 4) is 11.1 Å². The Hall–Kier alpha value is -3.57. The van der Waals surface area contributed by atoms with Gasteiger partial charge in [0.15, 0.2) is 0 Å². The first-order valence-electron chi connectivity index (χ1n) is 12.3. The van der Waals surface area contributed by atoms with Gasteiger partial charge in [0, 0.05) is 23.8 Å². The number of aromatic nitrogens is 1. The molecule has 0 bridgehead atoms. The van der Waals surface area contributed by atoms with E-state index in [4.69, 9.17) is 0 Å². The molecule has 1 fully saturated rings. The maximum Gasteiger partial charge on any atom is 0.258 e. The van der Waals surface area contributed by atoms with Gasteiger partial charge in [0.2, 0.25) is 0 Å². The second kappa shape index (κ2) is 10.4. The monoisotopic (exact) mass is 467 g/mol. The van der Waals surface area contributed by atoms with E-state index in [0.717, 1.165) is 47.2 Å². The third-order valence-corrected chi connectivity index (χ3v) is 6.76. The van der Waals surface area contributed by atoms with Crippen LogP contribution in [-0.2, 0) is 6.54 Å². The Balaban J connectivity index is 1.33. The molecule has 4 nitrogen and oxygen atoms in total. The van der Waals surface area contributed by atoms with Crippen LogP contribution >= 0.6 is 0 Å². The summed E-state index contributed by atoms with van der Waals surface area (Å²) >= 11 is 0. The Morgan fingerprint density at radius 3 is 2.46 bits per heavy atom. The number of pyridine rings is 1. The third kappa shape index (κ3) is 5.41. The lowest BCUT2D eigenvalue weighted by Gasteiger charge is -2.20. The van der Waals surface area contributed by atoms with Gasteiger partial charge in [0.25, 0.3) is 5.91 Å². The summed E-state index contributed by atoms with van der Waals surface area (Å²) < 4.78 is 14.8. The lowest BCUT2D eigenvalue weighted by molar-refractivity contribution is 0.102. The van der Waals surface area contributed by atoms with Crippen LogP contribution in [0.15, 0.2) is 72.9 Å². The number of carbonyl (C=O) groups excluding carboxylic acids is 1. The van der Waals surface area contributed by atoms with Crippen molar-refractivity contribution in [3.05, 3.63) is 95.4 Å². The maximum absolute atomic E-state index is 14.8. The van der Waals surface area contributed by atoms with Crippen LogP contribution in [0.1, 0.15) is 47.2 Å². The third-order valence-electron chi connectivity index (χ3n) is 6.76. The summed E-state index contributed by atoms with van der Waals surface area (Å²) in [6.07, 6.45) is 7.09. The van der Waals surface area contributed by atoms with E-state index in [-0.39, 0.29) is 5.56 Å². The van der Waals surface area contributed by atoms with Gasteiger partial charge in [-0.25, -0.2) is 4.39 Å². The number of aryl methyl sites for hydroxylation is 1. The minimum absolute atomic E-state index is 0.0185. The number of anilines is 1. The van der Waals surface area contributed by atoms with Gasteiger partial charge in [-0.3, -0.25) is 14.7 Å². The molecule has 35 heavy (non-hydrogen) atoms. The van der Waals surface area contributed by atoms with Crippen LogP contribution in [0.2, 0.25) is 0 Å². The molecule has 3 aromatic carbocycles. The van der Waals surface area contributed by atoms with Gasteiger partial charge >= 0.3 is 0 Å². The summed E-state index contributed by atoms with van der Waals surface area (Å²) in [5.74, 6) is -1.01. The van der Waals surface area contributed by atoms with Crippen LogP contribution in [0.25, 0.3) is 22.0 Å². The molecule has 5 rings (SSSR count). The van der Waals surface area contributed by atoms with Gasteiger partial charge in [-0.1, -0.05) is 49.2 Å². The summed E-state index contributed by atoms with van der Waals surface area (Å²) in [7, 11) is 0. The number of nitrogens with one attached hydrogen (secondary N) is 1. The van der Waals surface area contributed by atoms with Gasteiger partial charge in [-0.2, -0.15) is 0 Å². The molecule has 1 aromatic heterocycles. The van der Waals surface area contributed by atoms with E-state index < -0.39 is 11.7 Å². The van der Waals surface area contributed by atoms with Crippen molar-refractivity contribution >= 4 is 22.5 Å². The first kappa shape index (κ1) is 23.2. The van der Waals surface area contributed by atoms with Crippen LogP contribution in [0, 0.1) is 12.7 Å². The number of hydrogen-bond acceptors (Lipinski definition) is 3. The molecule has 1 amide bonds. The molecular weight excluding hydrogens is 437 g/mol. The number of benzene rings is 3. The Kier molecular flexibility index (Phi) is 6.87. The normalized spacial score (nSPS) is 14.6. The molecule has 2 heterocycles. The van der Waals surface area contributed by atoms with Crippen LogP contribution in [0.5, 0.6) is 0 Å². The van der Waals surface area contributed by atoms with E-state index in [1.54, 1.807) is 6.07 Å². The first-order valence-corrected chi connectivity index (χ1v) is 12.3. The number of fused-ring (bicyclic) bond motifs is 1. The van der Waals surface area contributed by atoms with E-state index >= 15 is 0 Å². The Labute approximate surface area is 205 Å². The van der Waals surface area contributed by atoms with Crippen LogP contribution in [0.3, 0.4) is 0 Å². The second-order valence-electron chi connectivity index (χ2n) is 9.41. The molecule has 0 unspecified atom stereocenters. The minimum Gasteiger partial charge on any atom is -0.322 e. The van der Waals surface area contributed by atoms with Gasteiger partial charge in [-0.15, -0.1) is 0 Å². The molecule has 0 atom stereocenters. The molecular formula is C30H30FN3O. The molecule has 0 radical (unpaired) electrons. The molecule has 1 saturated heterocycles. The largest absolute Gasteiger partial charge is 0.322 e. The molecule has 0 aliphatic carbocycles. The minimum atomic E-state index is -0.543. The van der Waals surface area contributed by atoms with Crippen molar-refractivity contribution in [2.24, 2.45) is 0 Å². The van der Waals surface area contributed by atoms with Gasteiger partial charge in [-0.05, 0) is 85.4 Å². The lowest BCUT2D eigenvalue weighted by Crippen LogP contribution is -2.24. The summed E-state index contributed by atoms with van der Waals surface area (Å²) in [6.45, 7) is 5.15. The highest BCUT2D eigenvalue weighted by atomic mass is 19.1. The van der Waals surface area contributed by atoms with Crippen molar-refractivity contribution in [2.75, 3.05) is 18.4 Å². The summed E-state index contributed by atoms with van der Waals surface area (Å²) in [5, 5.41) is 3.93. The number of hydrogen-bond donors (Lipinski definition) is 1. The number of halogens is 1. The van der Waals surface area contributed by atoms with Crippen LogP contribution < -0.4 is 5.32 Å². The van der Waals surface area contributed by atoms with Crippen molar-refractivity contribution in [3.63, 3.8) is 0 Å². The highest BCUT2D eigenvalue weighted by Crippen LogP contribution is 2.26. The Bertz CT molecular complexity index is 1340. The average molecular weight is 468 g/mol. The fraction of sp³-hybridized carbons (Fsp3) is 0.267. The quantitative estimate of drug-likeness (QED) is 0.344. The fourth-order valence-corrected chi connectivity index (χ4v) is 4.81. The highest BCUT2D eigenvalue weighted by molar-refractivity contribution is 6.06. The molecule has 4 aromatic rings. The van der Waals surface area contributed by atoms with E-state index in [1.165, 1.54) is 43.4 Å². The van der Waals surface area contributed by atoms with E-state index in [9.17, 15) is 9.18 Å². The van der Waals surface area contributed by atoms with Crippen LogP contribution in [-0.4, -0.2) is 28.9 Å². The smallest absolute Gasteiger partial charge is 0.258 e. The Morgan fingerprint density at radius 1 is 0.943 bits per heavy atom. The van der Waals surface area contributed by atoms with E-state index in [1.807, 2.05) is 55.6 Å². The fourth-order valence-electron chi connectivity index (χ4n) is 4.81. The number of amides is 1. The molecule has 0 saturated carbocycles. The number of nitrogens with zero attached hydrogens (tertiary/aromatic N) is 2. The van der Waals surface area contributed by atoms with Gasteiger partial charge in [0.05, 0.1) is 11.1 Å². The topological polar surface area (TPSA) is 45.2 Å². The van der Waals surface area contributed by atoms with E-state index in [2.05, 4.69) is 21.3 Å². The van der Waals surface area contributed by atoms with Gasteiger partial charge in [0.1, 0.15) is 5.82 Å². The maximum atomic E-state index is 14.8. The second-order valence-corrected chi connectivity index (χ2v) is 9.41. The summed E-state index contributed by atoms with van der Waals surface area (Å²) in [6, 6.07) is 20.4. The molecule has 1 aliphatic heterocycles. The first-order chi connectivity index (χ1) is 17.1. The predicted octanol–water partition coefficient (Wildman–Crippen LogP) is 6.98. The zero-order chi connectivity index (χ0) is 24.2. The average Bonchev–Trinajstić information content (AvgIpc) is 3.13. The number of likely N-dealkylation sites (tertiary alicyclic amines) is 1. The predicted molar refractivity (Wildman–Crippen MR) is 140 cm³/mol. The van der Waals surface area contributed by atoms with Crippen molar-refractivity contribution in [1.82, 2.24) is 9.88 Å². The van der Waals surface area contributed by atoms with Crippen molar-refractivity contribution in [1.29, 1.82) is 0 Å². The SMILES string of the molecule is Cc1cc2cc(CN3CCCCCC3)cnc2cc1NC(=O)c1ccc(-c2ccccc2)cc1F. The molecule has 0 spiro atoms. The molecule has 1 N–H and O–H groups in total. The van der Waals surface area contributed by atoms with Gasteiger partial charge < -0.3 is 5.32 Å². The van der Waals surface area contributed by atoms with Crippen LogP contribution in [0.4, 0.5) is 10.1 Å². The highest BCUT2D eigenvalue weighted by Gasteiger charge is 2.15. The van der Waals surface area contributed by atoms with E-state index in [0.29, 0.717) is 5.69 Å². The van der Waals surface area contributed by atoms with Crippen molar-refractivity contribution < 1.29 is 9.18 Å². The number of rotatable bonds is 5. The standard InChI is InChI=1S/C30H30FN3O/c1-21-15-25-16-22(20-34-13-7-2-3-8-14-34)19-32-29(25)18-28(21)33-30(35)26-12-11-24(17-27(26)31)23-9-5-4-6-10-23/h4-6,9-12,15-19H,2-3,7-8,13-14,20H2,1H3,(H,33,35). The lowest BCUT2D eigenvalue weighted by atomic mass is 10.0. The zero-order valence-corrected chi connectivity index (χ0v) is 20.1.